The maximum absolute atomic E-state index is 13.8. The highest BCUT2D eigenvalue weighted by Gasteiger charge is 2.31. The molecule has 1 aromatic heterocycles. The zero-order valence-electron chi connectivity index (χ0n) is 9.52. The molecule has 1 heterocycles. The second-order valence-corrected chi connectivity index (χ2v) is 5.42. The van der Waals surface area contributed by atoms with Gasteiger partial charge in [0.25, 0.3) is 0 Å². The smallest absolute Gasteiger partial charge is 0.170 e. The Morgan fingerprint density at radius 2 is 2.24 bits per heavy atom. The fourth-order valence-electron chi connectivity index (χ4n) is 2.30. The number of hydrogen-bond acceptors (Lipinski definition) is 2. The zero-order valence-corrected chi connectivity index (χ0v) is 11.1. The molecule has 0 aliphatic heterocycles. The molecule has 0 saturated heterocycles. The zero-order chi connectivity index (χ0) is 12.0. The molecule has 0 radical (unpaired) electrons. The van der Waals surface area contributed by atoms with E-state index in [9.17, 15) is 4.39 Å². The normalized spacial score (nSPS) is 15.7. The number of nitrogens with one attached hydrogen (secondary N) is 1. The van der Waals surface area contributed by atoms with Gasteiger partial charge in [0.1, 0.15) is 5.76 Å². The van der Waals surface area contributed by atoms with Crippen LogP contribution in [0.4, 0.5) is 4.39 Å². The maximum atomic E-state index is 13.8. The van der Waals surface area contributed by atoms with Crippen LogP contribution in [0.1, 0.15) is 30.1 Å². The Morgan fingerprint density at radius 3 is 2.88 bits per heavy atom. The molecule has 4 heteroatoms. The summed E-state index contributed by atoms with van der Waals surface area (Å²) in [5.41, 5.74) is 1.58. The molecular weight excluding hydrogens is 285 g/mol. The van der Waals surface area contributed by atoms with Gasteiger partial charge >= 0.3 is 0 Å². The largest absolute Gasteiger partial charge is 0.456 e. The van der Waals surface area contributed by atoms with Gasteiger partial charge in [-0.3, -0.25) is 0 Å². The predicted molar refractivity (Wildman–Crippen MR) is 68.6 cm³/mol. The number of rotatable bonds is 3. The maximum Gasteiger partial charge on any atom is 0.170 e. The number of fused-ring (bicyclic) bond motifs is 1. The molecular formula is C13H13BrFNO. The number of hydrogen-bond donors (Lipinski definition) is 1. The van der Waals surface area contributed by atoms with E-state index in [0.29, 0.717) is 18.0 Å². The lowest BCUT2D eigenvalue weighted by atomic mass is 10.1. The fourth-order valence-corrected chi connectivity index (χ4v) is 2.73. The van der Waals surface area contributed by atoms with E-state index in [1.165, 1.54) is 24.5 Å². The molecule has 2 aromatic rings. The summed E-state index contributed by atoms with van der Waals surface area (Å²) in [6.07, 6.45) is 2.36. The highest BCUT2D eigenvalue weighted by atomic mass is 79.9. The van der Waals surface area contributed by atoms with Crippen molar-refractivity contribution in [2.45, 2.75) is 25.3 Å². The van der Waals surface area contributed by atoms with Crippen LogP contribution in [0.5, 0.6) is 0 Å². The summed E-state index contributed by atoms with van der Waals surface area (Å²) in [5.74, 6) is 1.13. The minimum atomic E-state index is -0.293. The highest BCUT2D eigenvalue weighted by Crippen LogP contribution is 2.47. The molecule has 1 saturated carbocycles. The summed E-state index contributed by atoms with van der Waals surface area (Å²) in [6, 6.07) is 3.40. The second-order valence-electron chi connectivity index (χ2n) is 4.51. The van der Waals surface area contributed by atoms with Gasteiger partial charge in [0, 0.05) is 15.4 Å². The van der Waals surface area contributed by atoms with Crippen LogP contribution in [0.3, 0.4) is 0 Å². The average molecular weight is 298 g/mol. The number of furan rings is 1. The Bertz CT molecular complexity index is 574. The number of halogens is 2. The van der Waals surface area contributed by atoms with E-state index in [1.54, 1.807) is 0 Å². The van der Waals surface area contributed by atoms with Gasteiger partial charge < -0.3 is 9.73 Å². The molecule has 2 nitrogen and oxygen atoms in total. The average Bonchev–Trinajstić information content (AvgIpc) is 3.03. The summed E-state index contributed by atoms with van der Waals surface area (Å²) in [7, 11) is 1.87. The minimum absolute atomic E-state index is 0.293. The SMILES string of the molecule is CNCc1oc2c(F)cc(Br)cc2c1C1CC1. The summed E-state index contributed by atoms with van der Waals surface area (Å²) in [5, 5.41) is 4.00. The van der Waals surface area contributed by atoms with Crippen LogP contribution in [-0.2, 0) is 6.54 Å². The molecule has 90 valence electrons. The summed E-state index contributed by atoms with van der Waals surface area (Å²) < 4.78 is 20.3. The van der Waals surface area contributed by atoms with Gasteiger partial charge in [-0.05, 0) is 37.9 Å². The van der Waals surface area contributed by atoms with Gasteiger partial charge in [0.15, 0.2) is 11.4 Å². The van der Waals surface area contributed by atoms with Gasteiger partial charge in [-0.15, -0.1) is 0 Å². The third kappa shape index (κ3) is 1.89. The van der Waals surface area contributed by atoms with E-state index in [-0.39, 0.29) is 5.82 Å². The van der Waals surface area contributed by atoms with E-state index < -0.39 is 0 Å². The molecule has 1 aromatic carbocycles. The van der Waals surface area contributed by atoms with Crippen LogP contribution in [-0.4, -0.2) is 7.05 Å². The molecule has 1 N–H and O–H groups in total. The van der Waals surface area contributed by atoms with Crippen molar-refractivity contribution in [2.24, 2.45) is 0 Å². The van der Waals surface area contributed by atoms with Crippen molar-refractivity contribution < 1.29 is 8.81 Å². The molecule has 0 spiro atoms. The van der Waals surface area contributed by atoms with Crippen LogP contribution in [0.25, 0.3) is 11.0 Å². The lowest BCUT2D eigenvalue weighted by Crippen LogP contribution is -2.05. The molecule has 17 heavy (non-hydrogen) atoms. The molecule has 1 aliphatic rings. The van der Waals surface area contributed by atoms with E-state index in [1.807, 2.05) is 13.1 Å². The van der Waals surface area contributed by atoms with Gasteiger partial charge in [-0.1, -0.05) is 15.9 Å². The first-order chi connectivity index (χ1) is 8.20. The lowest BCUT2D eigenvalue weighted by Gasteiger charge is -1.99. The molecule has 0 amide bonds. The Morgan fingerprint density at radius 1 is 1.47 bits per heavy atom. The molecule has 0 unspecified atom stereocenters. The summed E-state index contributed by atoms with van der Waals surface area (Å²) in [6.45, 7) is 0.650. The molecule has 1 aliphatic carbocycles. The predicted octanol–water partition coefficient (Wildman–Crippen LogP) is 3.93. The first-order valence-corrected chi connectivity index (χ1v) is 6.55. The van der Waals surface area contributed by atoms with Crippen molar-refractivity contribution >= 4 is 26.9 Å². The number of benzene rings is 1. The first-order valence-electron chi connectivity index (χ1n) is 5.75. The third-order valence-electron chi connectivity index (χ3n) is 3.15. The Labute approximate surface area is 107 Å². The van der Waals surface area contributed by atoms with Crippen LogP contribution in [0.15, 0.2) is 21.0 Å². The Kier molecular flexibility index (Phi) is 2.71. The Hall–Kier alpha value is -0.870. The van der Waals surface area contributed by atoms with Crippen LogP contribution in [0, 0.1) is 5.82 Å². The van der Waals surface area contributed by atoms with E-state index in [2.05, 4.69) is 21.2 Å². The quantitative estimate of drug-likeness (QED) is 0.928. The topological polar surface area (TPSA) is 25.2 Å². The molecule has 3 rings (SSSR count). The van der Waals surface area contributed by atoms with E-state index >= 15 is 0 Å². The minimum Gasteiger partial charge on any atom is -0.456 e. The van der Waals surface area contributed by atoms with Gasteiger partial charge in [-0.25, -0.2) is 4.39 Å². The second kappa shape index (κ2) is 4.10. The van der Waals surface area contributed by atoms with Crippen molar-refractivity contribution in [3.8, 4) is 0 Å². The third-order valence-corrected chi connectivity index (χ3v) is 3.60. The van der Waals surface area contributed by atoms with Crippen LogP contribution >= 0.6 is 15.9 Å². The Balaban J connectivity index is 2.26. The van der Waals surface area contributed by atoms with E-state index in [4.69, 9.17) is 4.42 Å². The van der Waals surface area contributed by atoms with E-state index in [0.717, 1.165) is 15.6 Å². The van der Waals surface area contributed by atoms with Crippen molar-refractivity contribution in [1.82, 2.24) is 5.32 Å². The van der Waals surface area contributed by atoms with Crippen LogP contribution in [0.2, 0.25) is 0 Å². The molecule has 0 bridgehead atoms. The van der Waals surface area contributed by atoms with Gasteiger partial charge in [-0.2, -0.15) is 0 Å². The van der Waals surface area contributed by atoms with Gasteiger partial charge in [0.05, 0.1) is 6.54 Å². The fraction of sp³-hybridized carbons (Fsp3) is 0.385. The standard InChI is InChI=1S/C13H13BrFNO/c1-16-6-11-12(7-2-3-7)9-4-8(14)5-10(15)13(9)17-11/h4-5,7,16H,2-3,6H2,1H3. The lowest BCUT2D eigenvalue weighted by molar-refractivity contribution is 0.502. The summed E-state index contributed by atoms with van der Waals surface area (Å²) in [4.78, 5) is 0. The first kappa shape index (κ1) is 11.2. The van der Waals surface area contributed by atoms with Crippen molar-refractivity contribution in [2.75, 3.05) is 7.05 Å². The molecule has 0 atom stereocenters. The van der Waals surface area contributed by atoms with Crippen molar-refractivity contribution in [1.29, 1.82) is 0 Å². The highest BCUT2D eigenvalue weighted by molar-refractivity contribution is 9.10. The van der Waals surface area contributed by atoms with Crippen molar-refractivity contribution in [3.05, 3.63) is 33.7 Å². The van der Waals surface area contributed by atoms with Gasteiger partial charge in [0.2, 0.25) is 0 Å². The molecule has 1 fully saturated rings. The van der Waals surface area contributed by atoms with Crippen molar-refractivity contribution in [3.63, 3.8) is 0 Å². The summed E-state index contributed by atoms with van der Waals surface area (Å²) >= 11 is 3.34. The monoisotopic (exact) mass is 297 g/mol. The van der Waals surface area contributed by atoms with Crippen LogP contribution < -0.4 is 5.32 Å².